The van der Waals surface area contributed by atoms with Crippen LogP contribution in [0.2, 0.25) is 0 Å². The molecule has 0 amide bonds. The van der Waals surface area contributed by atoms with Crippen LogP contribution < -0.4 is 9.64 Å². The Kier molecular flexibility index (Phi) is 14.2. The van der Waals surface area contributed by atoms with Crippen LogP contribution in [0.25, 0.3) is 84.2 Å². The van der Waals surface area contributed by atoms with E-state index >= 15 is 0 Å². The quantitative estimate of drug-likeness (QED) is 0.0852. The fourth-order valence-electron chi connectivity index (χ4n) is 12.8. The Balaban J connectivity index is 0.884. The van der Waals surface area contributed by atoms with Crippen molar-refractivity contribution in [1.29, 1.82) is 0 Å². The lowest BCUT2D eigenvalue weighted by molar-refractivity contribution is 0.240. The van der Waals surface area contributed by atoms with E-state index < -0.39 is 0 Å². The molecule has 398 valence electrons. The van der Waals surface area contributed by atoms with Crippen LogP contribution in [-0.2, 0) is 5.41 Å². The molecule has 12 aromatic rings. The molecule has 0 saturated heterocycles. The molecule has 0 spiro atoms. The van der Waals surface area contributed by atoms with Crippen LogP contribution in [0, 0.1) is 11.8 Å². The number of nitrogens with zero attached hydrogens (tertiary/aromatic N) is 2. The number of benzene rings is 11. The van der Waals surface area contributed by atoms with E-state index in [-0.39, 0.29) is 5.41 Å². The van der Waals surface area contributed by atoms with Gasteiger partial charge >= 0.3 is 0 Å². The van der Waals surface area contributed by atoms with Crippen molar-refractivity contribution in [2.24, 2.45) is 11.8 Å². The Morgan fingerprint density at radius 2 is 0.890 bits per heavy atom. The molecule has 3 heteroatoms. The van der Waals surface area contributed by atoms with Crippen molar-refractivity contribution < 1.29 is 4.74 Å². The molecule has 13 rings (SSSR count). The summed E-state index contributed by atoms with van der Waals surface area (Å²) in [5.74, 6) is 1.72. The Morgan fingerprint density at radius 3 is 1.49 bits per heavy atom. The number of hydrogen-bond donors (Lipinski definition) is 0. The molecule has 3 nitrogen and oxygen atoms in total. The molecule has 1 aliphatic carbocycles. The highest BCUT2D eigenvalue weighted by Gasteiger charge is 2.45. The van der Waals surface area contributed by atoms with E-state index in [2.05, 4.69) is 291 Å². The van der Waals surface area contributed by atoms with E-state index in [1.54, 1.807) is 0 Å². The summed E-state index contributed by atoms with van der Waals surface area (Å²) in [6, 6.07) is 98.1. The van der Waals surface area contributed by atoms with Crippen molar-refractivity contribution >= 4 is 51.0 Å². The number of fused-ring (bicyclic) bond motifs is 6. The molecule has 0 bridgehead atoms. The molecule has 0 N–H and O–H groups in total. The molecule has 0 aliphatic heterocycles. The van der Waals surface area contributed by atoms with Gasteiger partial charge in [-0.3, -0.25) is 0 Å². The third-order valence-corrected chi connectivity index (χ3v) is 17.1. The smallest absolute Gasteiger partial charge is 0.119 e. The zero-order valence-electron chi connectivity index (χ0n) is 46.8. The fourth-order valence-corrected chi connectivity index (χ4v) is 12.8. The maximum atomic E-state index is 6.31. The van der Waals surface area contributed by atoms with Gasteiger partial charge < -0.3 is 14.2 Å². The number of para-hydroxylation sites is 1. The summed E-state index contributed by atoms with van der Waals surface area (Å²) in [7, 11) is 0. The van der Waals surface area contributed by atoms with E-state index in [0.29, 0.717) is 18.4 Å². The van der Waals surface area contributed by atoms with Crippen molar-refractivity contribution in [3.63, 3.8) is 0 Å². The largest absolute Gasteiger partial charge is 0.493 e. The van der Waals surface area contributed by atoms with Crippen LogP contribution in [-0.4, -0.2) is 11.2 Å². The van der Waals surface area contributed by atoms with Gasteiger partial charge in [0.2, 0.25) is 0 Å². The predicted molar refractivity (Wildman–Crippen MR) is 348 cm³/mol. The van der Waals surface area contributed by atoms with Crippen LogP contribution in [0.15, 0.2) is 280 Å². The van der Waals surface area contributed by atoms with Crippen LogP contribution in [0.3, 0.4) is 0 Å². The molecule has 11 aromatic carbocycles. The first-order valence-electron chi connectivity index (χ1n) is 28.9. The minimum Gasteiger partial charge on any atom is -0.493 e. The Hall–Kier alpha value is -9.70. The molecular weight excluding hydrogens is 993 g/mol. The van der Waals surface area contributed by atoms with Crippen LogP contribution in [0.4, 0.5) is 17.1 Å². The van der Waals surface area contributed by atoms with Gasteiger partial charge in [0.05, 0.1) is 17.6 Å². The molecule has 1 heterocycles. The van der Waals surface area contributed by atoms with Crippen molar-refractivity contribution in [1.82, 2.24) is 4.57 Å². The zero-order chi connectivity index (χ0) is 55.6. The maximum absolute atomic E-state index is 6.31. The lowest BCUT2D eigenvalue weighted by Crippen LogP contribution is -2.30. The number of anilines is 3. The van der Waals surface area contributed by atoms with Gasteiger partial charge in [-0.2, -0.15) is 0 Å². The Labute approximate surface area is 483 Å². The first kappa shape index (κ1) is 51.7. The lowest BCUT2D eigenvalue weighted by Gasteiger charge is -2.36. The molecular formula is C79H66N2O. The molecule has 3 atom stereocenters. The highest BCUT2D eigenvalue weighted by molar-refractivity contribution is 6.11. The van der Waals surface area contributed by atoms with Crippen molar-refractivity contribution in [3.05, 3.63) is 308 Å². The van der Waals surface area contributed by atoms with Crippen molar-refractivity contribution in [2.75, 3.05) is 11.5 Å². The van der Waals surface area contributed by atoms with Gasteiger partial charge in [-0.15, -0.1) is 0 Å². The second-order valence-corrected chi connectivity index (χ2v) is 22.4. The molecule has 0 fully saturated rings. The van der Waals surface area contributed by atoms with E-state index in [1.807, 2.05) is 24.3 Å². The maximum Gasteiger partial charge on any atom is 0.119 e. The van der Waals surface area contributed by atoms with Crippen LogP contribution in [0.5, 0.6) is 5.75 Å². The summed E-state index contributed by atoms with van der Waals surface area (Å²) in [4.78, 5) is 2.45. The standard InChI is InChI=1S/C79H66N2O/c1-5-57-28-32-61(33-29-57)63-38-48-77-73(50-63)74-51-64(39-49-78(74)81(77)66-22-14-9-15-23-66)62-36-42-68(43-37-62)80(67-40-34-60(35-41-67)59-18-10-7-11-19-59)69-44-47-72-71-24-16-17-25-75(71)79(76(72)52-69,65-20-12-8-13-21-65)53-55(3)26-27-56(4)54-82-70-45-30-58(6-2)31-46-70/h5-25,28-52,55-56H,1-2,26-27,53-54H2,3-4H3. The lowest BCUT2D eigenvalue weighted by atomic mass is 9.67. The normalized spacial score (nSPS) is 14.2. The van der Waals surface area contributed by atoms with Crippen LogP contribution in [0.1, 0.15) is 60.9 Å². The topological polar surface area (TPSA) is 17.4 Å². The van der Waals surface area contributed by atoms with Gasteiger partial charge in [-0.25, -0.2) is 0 Å². The summed E-state index contributed by atoms with van der Waals surface area (Å²) in [5, 5.41) is 2.44. The SMILES string of the molecule is C=Cc1ccc(OCC(C)CCC(C)CC2(c3ccccc3)c3ccccc3-c3ccc(N(c4ccc(-c5ccccc5)cc4)c4ccc(-c5ccc6c(c5)c5cc(-c7ccc(C=C)cc7)ccc5n6-c5ccccc5)cc4)cc32)cc1. The highest BCUT2D eigenvalue weighted by Crippen LogP contribution is 2.57. The van der Waals surface area contributed by atoms with Gasteiger partial charge in [-0.05, 0) is 182 Å². The third-order valence-electron chi connectivity index (χ3n) is 17.1. The Morgan fingerprint density at radius 1 is 0.427 bits per heavy atom. The van der Waals surface area contributed by atoms with Gasteiger partial charge in [-0.1, -0.05) is 228 Å². The summed E-state index contributed by atoms with van der Waals surface area (Å²) >= 11 is 0. The van der Waals surface area contributed by atoms with Gasteiger partial charge in [0, 0.05) is 38.9 Å². The van der Waals surface area contributed by atoms with Gasteiger partial charge in [0.25, 0.3) is 0 Å². The monoisotopic (exact) mass is 1060 g/mol. The average molecular weight is 1060 g/mol. The van der Waals surface area contributed by atoms with E-state index in [1.165, 1.54) is 77.4 Å². The Bertz CT molecular complexity index is 4220. The average Bonchev–Trinajstić information content (AvgIpc) is 2.27. The number of aromatic nitrogens is 1. The molecule has 1 aliphatic rings. The molecule has 1 aromatic heterocycles. The number of ether oxygens (including phenoxy) is 1. The summed E-state index contributed by atoms with van der Waals surface area (Å²) < 4.78 is 8.70. The zero-order valence-corrected chi connectivity index (χ0v) is 46.8. The third kappa shape index (κ3) is 9.83. The van der Waals surface area contributed by atoms with Crippen molar-refractivity contribution in [2.45, 2.75) is 38.5 Å². The fraction of sp³-hybridized carbons (Fsp3) is 0.114. The first-order chi connectivity index (χ1) is 40.3. The summed E-state index contributed by atoms with van der Waals surface area (Å²) in [6.45, 7) is 13.3. The molecule has 0 radical (unpaired) electrons. The summed E-state index contributed by atoms with van der Waals surface area (Å²) in [5.41, 5.74) is 22.4. The minimum atomic E-state index is -0.374. The minimum absolute atomic E-state index is 0.374. The molecule has 82 heavy (non-hydrogen) atoms. The van der Waals surface area contributed by atoms with E-state index in [4.69, 9.17) is 4.74 Å². The first-order valence-corrected chi connectivity index (χ1v) is 28.9. The molecule has 0 saturated carbocycles. The highest BCUT2D eigenvalue weighted by atomic mass is 16.5. The molecule has 3 unspecified atom stereocenters. The second-order valence-electron chi connectivity index (χ2n) is 22.4. The van der Waals surface area contributed by atoms with E-state index in [9.17, 15) is 0 Å². The van der Waals surface area contributed by atoms with Crippen LogP contribution >= 0.6 is 0 Å². The number of hydrogen-bond acceptors (Lipinski definition) is 2. The predicted octanol–water partition coefficient (Wildman–Crippen LogP) is 21.4. The van der Waals surface area contributed by atoms with Crippen molar-refractivity contribution in [3.8, 4) is 55.9 Å². The van der Waals surface area contributed by atoms with Gasteiger partial charge in [0.15, 0.2) is 0 Å². The van der Waals surface area contributed by atoms with Gasteiger partial charge in [0.1, 0.15) is 5.75 Å². The van der Waals surface area contributed by atoms with E-state index in [0.717, 1.165) is 64.5 Å². The number of rotatable bonds is 18. The summed E-state index contributed by atoms with van der Waals surface area (Å²) in [6.07, 6.45) is 6.90. The second kappa shape index (κ2) is 22.4.